The summed E-state index contributed by atoms with van der Waals surface area (Å²) in [5.74, 6) is 0.266. The van der Waals surface area contributed by atoms with Crippen molar-refractivity contribution in [2.75, 3.05) is 21.3 Å². The van der Waals surface area contributed by atoms with E-state index in [2.05, 4.69) is 9.97 Å². The van der Waals surface area contributed by atoms with Gasteiger partial charge >= 0.3 is 0 Å². The molecule has 1 aromatic heterocycles. The van der Waals surface area contributed by atoms with Gasteiger partial charge in [0.25, 0.3) is 5.56 Å². The highest BCUT2D eigenvalue weighted by Gasteiger charge is 2.35. The van der Waals surface area contributed by atoms with E-state index in [4.69, 9.17) is 36.9 Å². The molecule has 3 rings (SSSR count). The first-order valence-corrected chi connectivity index (χ1v) is 8.09. The molecule has 0 amide bonds. The number of H-pyrrole nitrogens is 2. The molecule has 27 heavy (non-hydrogen) atoms. The Morgan fingerprint density at radius 3 is 2.33 bits per heavy atom. The van der Waals surface area contributed by atoms with Crippen LogP contribution in [0.25, 0.3) is 0 Å². The van der Waals surface area contributed by atoms with Crippen LogP contribution in [0.15, 0.2) is 28.4 Å². The van der Waals surface area contributed by atoms with Crippen LogP contribution >= 0.6 is 12.2 Å². The Balaban J connectivity index is 2.35. The van der Waals surface area contributed by atoms with Crippen molar-refractivity contribution < 1.29 is 18.9 Å². The van der Waals surface area contributed by atoms with Crippen molar-refractivity contribution in [2.45, 2.75) is 5.92 Å². The van der Waals surface area contributed by atoms with Crippen molar-refractivity contribution in [1.29, 1.82) is 5.26 Å². The minimum absolute atomic E-state index is 0.0767. The SMILES string of the molecule is COc1cc([C@H]2C(C#N)=C(N)Oc3[nH]c(=S)[nH]c(=O)c32)cc(OC)c1OC. The molecule has 1 aliphatic rings. The third-order valence-electron chi connectivity index (χ3n) is 4.14. The van der Waals surface area contributed by atoms with Gasteiger partial charge in [-0.25, -0.2) is 0 Å². The van der Waals surface area contributed by atoms with Gasteiger partial charge < -0.3 is 29.7 Å². The number of fused-ring (bicyclic) bond motifs is 1. The second-order valence-corrected chi connectivity index (χ2v) is 5.94. The van der Waals surface area contributed by atoms with Crippen molar-refractivity contribution in [3.8, 4) is 29.2 Å². The molecule has 0 bridgehead atoms. The second-order valence-electron chi connectivity index (χ2n) is 5.53. The van der Waals surface area contributed by atoms with Crippen LogP contribution in [0.3, 0.4) is 0 Å². The Hall–Kier alpha value is -3.45. The molecule has 9 nitrogen and oxygen atoms in total. The van der Waals surface area contributed by atoms with E-state index < -0.39 is 11.5 Å². The molecular formula is C17H16N4O5S. The van der Waals surface area contributed by atoms with Crippen LogP contribution in [0, 0.1) is 16.1 Å². The summed E-state index contributed by atoms with van der Waals surface area (Å²) in [5, 5.41) is 9.62. The second kappa shape index (κ2) is 7.05. The fourth-order valence-electron chi connectivity index (χ4n) is 2.99. The normalized spacial score (nSPS) is 15.4. The van der Waals surface area contributed by atoms with Crippen molar-refractivity contribution in [3.05, 3.63) is 49.8 Å². The zero-order valence-electron chi connectivity index (χ0n) is 14.7. The standard InChI is InChI=1S/C17H16N4O5S/c1-23-9-4-7(5-10(24-2)13(9)25-3)11-8(6-18)14(19)26-16-12(11)15(22)20-17(27)21-16/h4-5,11H,19H2,1-3H3,(H2,20,21,22,27)/t11-/m0/s1. The number of hydrogen-bond donors (Lipinski definition) is 3. The van der Waals surface area contributed by atoms with E-state index in [1.165, 1.54) is 21.3 Å². The lowest BCUT2D eigenvalue weighted by Crippen LogP contribution is -2.28. The quantitative estimate of drug-likeness (QED) is 0.673. The van der Waals surface area contributed by atoms with Gasteiger partial charge in [0.15, 0.2) is 16.3 Å². The molecule has 1 aromatic carbocycles. The lowest BCUT2D eigenvalue weighted by Gasteiger charge is -2.26. The van der Waals surface area contributed by atoms with Crippen molar-refractivity contribution in [1.82, 2.24) is 9.97 Å². The molecule has 140 valence electrons. The van der Waals surface area contributed by atoms with E-state index >= 15 is 0 Å². The van der Waals surface area contributed by atoms with Gasteiger partial charge in [0.2, 0.25) is 17.5 Å². The van der Waals surface area contributed by atoms with Crippen LogP contribution < -0.4 is 30.2 Å². The van der Waals surface area contributed by atoms with E-state index in [-0.39, 0.29) is 27.7 Å². The molecule has 4 N–H and O–H groups in total. The number of nitriles is 1. The number of nitrogens with one attached hydrogen (secondary N) is 2. The van der Waals surface area contributed by atoms with Crippen molar-refractivity contribution >= 4 is 12.2 Å². The number of ether oxygens (including phenoxy) is 4. The summed E-state index contributed by atoms with van der Waals surface area (Å²) < 4.78 is 21.5. The van der Waals surface area contributed by atoms with Crippen LogP contribution in [-0.2, 0) is 0 Å². The molecular weight excluding hydrogens is 372 g/mol. The zero-order chi connectivity index (χ0) is 19.7. The van der Waals surface area contributed by atoms with Crippen molar-refractivity contribution in [2.24, 2.45) is 5.73 Å². The summed E-state index contributed by atoms with van der Waals surface area (Å²) in [6.07, 6.45) is 0. The third kappa shape index (κ3) is 2.98. The Morgan fingerprint density at radius 1 is 1.19 bits per heavy atom. The molecule has 0 saturated heterocycles. The summed E-state index contributed by atoms with van der Waals surface area (Å²) in [4.78, 5) is 17.8. The van der Waals surface area contributed by atoms with Crippen LogP contribution in [0.5, 0.6) is 23.1 Å². The maximum absolute atomic E-state index is 12.6. The highest BCUT2D eigenvalue weighted by Crippen LogP contribution is 2.45. The van der Waals surface area contributed by atoms with E-state index in [0.717, 1.165) is 0 Å². The van der Waals surface area contributed by atoms with Crippen molar-refractivity contribution in [3.63, 3.8) is 0 Å². The number of allylic oxidation sites excluding steroid dienone is 1. The predicted molar refractivity (Wildman–Crippen MR) is 97.6 cm³/mol. The van der Waals surface area contributed by atoms with Gasteiger partial charge in [-0.05, 0) is 29.9 Å². The first kappa shape index (κ1) is 18.3. The van der Waals surface area contributed by atoms with E-state index in [1.807, 2.05) is 6.07 Å². The number of nitrogens with zero attached hydrogens (tertiary/aromatic N) is 1. The van der Waals surface area contributed by atoms with Crippen LogP contribution in [0.4, 0.5) is 0 Å². The van der Waals surface area contributed by atoms with Crippen LogP contribution in [0.1, 0.15) is 17.0 Å². The number of methoxy groups -OCH3 is 3. The highest BCUT2D eigenvalue weighted by molar-refractivity contribution is 7.71. The zero-order valence-corrected chi connectivity index (χ0v) is 15.5. The van der Waals surface area contributed by atoms with Crippen LogP contribution in [0.2, 0.25) is 0 Å². The number of hydrogen-bond acceptors (Lipinski definition) is 8. The summed E-state index contributed by atoms with van der Waals surface area (Å²) >= 11 is 4.98. The number of aromatic nitrogens is 2. The monoisotopic (exact) mass is 388 g/mol. The maximum Gasteiger partial charge on any atom is 0.259 e. The molecule has 1 atom stereocenters. The molecule has 1 aliphatic heterocycles. The lowest BCUT2D eigenvalue weighted by atomic mass is 9.85. The lowest BCUT2D eigenvalue weighted by molar-refractivity contribution is 0.323. The fourth-order valence-corrected chi connectivity index (χ4v) is 3.18. The average molecular weight is 388 g/mol. The third-order valence-corrected chi connectivity index (χ3v) is 4.34. The van der Waals surface area contributed by atoms with Gasteiger partial charge in [0.05, 0.1) is 32.8 Å². The Morgan fingerprint density at radius 2 is 1.81 bits per heavy atom. The Bertz CT molecular complexity index is 1070. The number of benzene rings is 1. The average Bonchev–Trinajstić information content (AvgIpc) is 2.65. The summed E-state index contributed by atoms with van der Waals surface area (Å²) in [5.41, 5.74) is 6.20. The molecule has 0 fully saturated rings. The maximum atomic E-state index is 12.6. The minimum Gasteiger partial charge on any atom is -0.493 e. The first-order chi connectivity index (χ1) is 12.9. The van der Waals surface area contributed by atoms with Gasteiger partial charge in [-0.1, -0.05) is 0 Å². The fraction of sp³-hybridized carbons (Fsp3) is 0.235. The topological polar surface area (TPSA) is 135 Å². The summed E-state index contributed by atoms with van der Waals surface area (Å²) in [7, 11) is 4.42. The molecule has 0 saturated carbocycles. The molecule has 0 unspecified atom stereocenters. The van der Waals surface area contributed by atoms with Gasteiger partial charge in [0, 0.05) is 0 Å². The van der Waals surface area contributed by atoms with E-state index in [0.29, 0.717) is 22.8 Å². The Labute approximate surface area is 158 Å². The largest absolute Gasteiger partial charge is 0.493 e. The van der Waals surface area contributed by atoms with Gasteiger partial charge in [-0.2, -0.15) is 5.26 Å². The molecule has 2 heterocycles. The molecule has 0 radical (unpaired) electrons. The predicted octanol–water partition coefficient (Wildman–Crippen LogP) is 1.68. The van der Waals surface area contributed by atoms with E-state index in [1.54, 1.807) is 12.1 Å². The smallest absolute Gasteiger partial charge is 0.259 e. The van der Waals surface area contributed by atoms with Gasteiger partial charge in [-0.3, -0.25) is 9.78 Å². The summed E-state index contributed by atoms with van der Waals surface area (Å²) in [6, 6.07) is 5.30. The number of rotatable bonds is 4. The number of nitrogens with two attached hydrogens (primary N) is 1. The first-order valence-electron chi connectivity index (χ1n) is 7.69. The van der Waals surface area contributed by atoms with E-state index in [9.17, 15) is 10.1 Å². The molecule has 2 aromatic rings. The van der Waals surface area contributed by atoms with Gasteiger partial charge in [-0.15, -0.1) is 0 Å². The van der Waals surface area contributed by atoms with Gasteiger partial charge in [0.1, 0.15) is 11.6 Å². The van der Waals surface area contributed by atoms with Crippen LogP contribution in [-0.4, -0.2) is 31.3 Å². The Kier molecular flexibility index (Phi) is 4.79. The highest BCUT2D eigenvalue weighted by atomic mass is 32.1. The molecule has 0 spiro atoms. The number of aromatic amines is 2. The molecule has 0 aliphatic carbocycles. The summed E-state index contributed by atoms with van der Waals surface area (Å²) in [6.45, 7) is 0. The molecule has 10 heteroatoms. The minimum atomic E-state index is -0.817.